The van der Waals surface area contributed by atoms with E-state index < -0.39 is 0 Å². The zero-order valence-corrected chi connectivity index (χ0v) is 14.5. The zero-order chi connectivity index (χ0) is 16.9. The maximum atomic E-state index is 12.1. The average Bonchev–Trinajstić information content (AvgIpc) is 3.13. The number of ether oxygens (including phenoxy) is 2. The standard InChI is InChI=1S/C16H20N4O3S/c1-20(8-12-7-11-5-3-4-6-13(11)23-12)9-14(21)17-16-19-18-15(24-16)10-22-2/h3-6,12H,7-10H2,1-2H3,(H,17,19,21)/t12-/m1/s1. The summed E-state index contributed by atoms with van der Waals surface area (Å²) >= 11 is 1.32. The molecule has 1 atom stereocenters. The Morgan fingerprint density at radius 2 is 2.29 bits per heavy atom. The molecule has 0 bridgehead atoms. The van der Waals surface area contributed by atoms with Crippen molar-refractivity contribution < 1.29 is 14.3 Å². The smallest absolute Gasteiger partial charge is 0.240 e. The summed E-state index contributed by atoms with van der Waals surface area (Å²) in [6, 6.07) is 8.05. The molecule has 128 valence electrons. The molecule has 0 fully saturated rings. The van der Waals surface area contributed by atoms with Crippen LogP contribution < -0.4 is 10.1 Å². The molecule has 1 aliphatic rings. The monoisotopic (exact) mass is 348 g/mol. The Bertz CT molecular complexity index is 681. The molecule has 3 rings (SSSR count). The van der Waals surface area contributed by atoms with Crippen molar-refractivity contribution in [2.75, 3.05) is 32.6 Å². The molecule has 0 saturated carbocycles. The fourth-order valence-electron chi connectivity index (χ4n) is 2.66. The number of carbonyl (C=O) groups excluding carboxylic acids is 1. The maximum absolute atomic E-state index is 12.1. The lowest BCUT2D eigenvalue weighted by Gasteiger charge is -2.19. The minimum absolute atomic E-state index is 0.0787. The van der Waals surface area contributed by atoms with Crippen LogP contribution >= 0.6 is 11.3 Å². The van der Waals surface area contributed by atoms with Crippen LogP contribution in [-0.2, 0) is 22.6 Å². The average molecular weight is 348 g/mol. The second kappa shape index (κ2) is 7.69. The van der Waals surface area contributed by atoms with E-state index in [-0.39, 0.29) is 18.6 Å². The van der Waals surface area contributed by atoms with Crippen molar-refractivity contribution in [1.29, 1.82) is 0 Å². The highest BCUT2D eigenvalue weighted by atomic mass is 32.1. The molecular formula is C16H20N4O3S. The van der Waals surface area contributed by atoms with E-state index in [9.17, 15) is 4.79 Å². The number of benzene rings is 1. The second-order valence-corrected chi connectivity index (χ2v) is 6.79. The molecule has 7 nitrogen and oxygen atoms in total. The van der Waals surface area contributed by atoms with Gasteiger partial charge in [0.15, 0.2) is 0 Å². The number of aromatic nitrogens is 2. The van der Waals surface area contributed by atoms with Crippen LogP contribution in [-0.4, -0.2) is 54.4 Å². The van der Waals surface area contributed by atoms with Crippen LogP contribution in [0.25, 0.3) is 0 Å². The molecule has 2 heterocycles. The summed E-state index contributed by atoms with van der Waals surface area (Å²) in [5, 5.41) is 11.9. The molecular weight excluding hydrogens is 328 g/mol. The summed E-state index contributed by atoms with van der Waals surface area (Å²) < 4.78 is 10.9. The highest BCUT2D eigenvalue weighted by molar-refractivity contribution is 7.15. The van der Waals surface area contributed by atoms with Crippen molar-refractivity contribution in [3.05, 3.63) is 34.8 Å². The lowest BCUT2D eigenvalue weighted by atomic mass is 10.1. The highest BCUT2D eigenvalue weighted by Crippen LogP contribution is 2.28. The lowest BCUT2D eigenvalue weighted by molar-refractivity contribution is -0.117. The Kier molecular flexibility index (Phi) is 5.39. The number of amides is 1. The molecule has 1 aromatic heterocycles. The van der Waals surface area contributed by atoms with E-state index in [1.54, 1.807) is 7.11 Å². The normalized spacial score (nSPS) is 16.0. The number of hydrogen-bond acceptors (Lipinski definition) is 7. The van der Waals surface area contributed by atoms with Gasteiger partial charge in [0.1, 0.15) is 23.5 Å². The van der Waals surface area contributed by atoms with Crippen LogP contribution in [0.4, 0.5) is 5.13 Å². The third kappa shape index (κ3) is 4.28. The number of fused-ring (bicyclic) bond motifs is 1. The van der Waals surface area contributed by atoms with Crippen molar-refractivity contribution in [3.63, 3.8) is 0 Å². The van der Waals surface area contributed by atoms with Gasteiger partial charge in [0.05, 0.1) is 6.54 Å². The number of nitrogens with one attached hydrogen (secondary N) is 1. The van der Waals surface area contributed by atoms with Crippen molar-refractivity contribution in [2.24, 2.45) is 0 Å². The lowest BCUT2D eigenvalue weighted by Crippen LogP contribution is -2.37. The van der Waals surface area contributed by atoms with Gasteiger partial charge in [0.2, 0.25) is 11.0 Å². The summed E-state index contributed by atoms with van der Waals surface area (Å²) in [5.41, 5.74) is 1.22. The molecule has 0 spiro atoms. The van der Waals surface area contributed by atoms with Gasteiger partial charge < -0.3 is 9.47 Å². The van der Waals surface area contributed by atoms with Gasteiger partial charge in [-0.2, -0.15) is 0 Å². The van der Waals surface area contributed by atoms with Gasteiger partial charge in [0.25, 0.3) is 0 Å². The molecule has 0 aliphatic carbocycles. The molecule has 0 unspecified atom stereocenters. The van der Waals surface area contributed by atoms with Crippen molar-refractivity contribution in [3.8, 4) is 5.75 Å². The fraction of sp³-hybridized carbons (Fsp3) is 0.438. The maximum Gasteiger partial charge on any atom is 0.240 e. The minimum Gasteiger partial charge on any atom is -0.488 e. The first-order valence-electron chi connectivity index (χ1n) is 7.68. The Hall–Kier alpha value is -2.03. The summed E-state index contributed by atoms with van der Waals surface area (Å²) in [6.07, 6.45) is 0.953. The van der Waals surface area contributed by atoms with E-state index >= 15 is 0 Å². The van der Waals surface area contributed by atoms with Gasteiger partial charge in [-0.05, 0) is 18.7 Å². The fourth-order valence-corrected chi connectivity index (χ4v) is 3.39. The molecule has 1 N–H and O–H groups in total. The Morgan fingerprint density at radius 1 is 1.46 bits per heavy atom. The quantitative estimate of drug-likeness (QED) is 0.818. The largest absolute Gasteiger partial charge is 0.488 e. The number of nitrogens with zero attached hydrogens (tertiary/aromatic N) is 3. The molecule has 2 aromatic rings. The van der Waals surface area contributed by atoms with Gasteiger partial charge >= 0.3 is 0 Å². The number of rotatable bonds is 7. The molecule has 1 aromatic carbocycles. The van der Waals surface area contributed by atoms with Crippen LogP contribution in [0.3, 0.4) is 0 Å². The minimum atomic E-state index is -0.117. The summed E-state index contributed by atoms with van der Waals surface area (Å²) in [7, 11) is 3.50. The Morgan fingerprint density at radius 3 is 3.08 bits per heavy atom. The number of hydrogen-bond donors (Lipinski definition) is 1. The van der Waals surface area contributed by atoms with E-state index in [0.29, 0.717) is 18.3 Å². The predicted molar refractivity (Wildman–Crippen MR) is 91.3 cm³/mol. The first-order valence-corrected chi connectivity index (χ1v) is 8.50. The third-order valence-electron chi connectivity index (χ3n) is 3.62. The molecule has 1 amide bonds. The summed E-state index contributed by atoms with van der Waals surface area (Å²) in [4.78, 5) is 14.0. The number of para-hydroxylation sites is 1. The zero-order valence-electron chi connectivity index (χ0n) is 13.7. The highest BCUT2D eigenvalue weighted by Gasteiger charge is 2.24. The van der Waals surface area contributed by atoms with Crippen LogP contribution in [0, 0.1) is 0 Å². The molecule has 1 aliphatic heterocycles. The third-order valence-corrected chi connectivity index (χ3v) is 4.44. The number of likely N-dealkylation sites (N-methyl/N-ethyl adjacent to an activating group) is 1. The number of carbonyl (C=O) groups is 1. The van der Waals surface area contributed by atoms with Gasteiger partial charge in [-0.25, -0.2) is 0 Å². The molecule has 0 saturated heterocycles. The van der Waals surface area contributed by atoms with Crippen molar-refractivity contribution in [1.82, 2.24) is 15.1 Å². The van der Waals surface area contributed by atoms with Gasteiger partial charge in [0, 0.05) is 20.1 Å². The SMILES string of the molecule is COCc1nnc(NC(=O)CN(C)C[C@H]2Cc3ccccc3O2)s1. The van der Waals surface area contributed by atoms with Gasteiger partial charge in [-0.3, -0.25) is 15.0 Å². The van der Waals surface area contributed by atoms with E-state index in [2.05, 4.69) is 21.6 Å². The summed E-state index contributed by atoms with van der Waals surface area (Å²) in [6.45, 7) is 1.36. The Labute approximate surface area is 144 Å². The second-order valence-electron chi connectivity index (χ2n) is 5.73. The molecule has 24 heavy (non-hydrogen) atoms. The van der Waals surface area contributed by atoms with Crippen molar-refractivity contribution in [2.45, 2.75) is 19.1 Å². The predicted octanol–water partition coefficient (Wildman–Crippen LogP) is 1.56. The van der Waals surface area contributed by atoms with E-state index in [1.807, 2.05) is 30.1 Å². The van der Waals surface area contributed by atoms with Crippen molar-refractivity contribution >= 4 is 22.4 Å². The van der Waals surface area contributed by atoms with E-state index in [0.717, 1.165) is 17.2 Å². The van der Waals surface area contributed by atoms with Crippen LogP contribution in [0.15, 0.2) is 24.3 Å². The van der Waals surface area contributed by atoms with E-state index in [4.69, 9.17) is 9.47 Å². The number of anilines is 1. The van der Waals surface area contributed by atoms with E-state index in [1.165, 1.54) is 16.9 Å². The number of methoxy groups -OCH3 is 1. The van der Waals surface area contributed by atoms with Gasteiger partial charge in [-0.15, -0.1) is 10.2 Å². The first kappa shape index (κ1) is 16.8. The Balaban J connectivity index is 1.45. The topological polar surface area (TPSA) is 76.6 Å². The van der Waals surface area contributed by atoms with Crippen LogP contribution in [0.1, 0.15) is 10.6 Å². The van der Waals surface area contributed by atoms with Gasteiger partial charge in [-0.1, -0.05) is 29.5 Å². The summed E-state index contributed by atoms with van der Waals surface area (Å²) in [5.74, 6) is 0.827. The first-order chi connectivity index (χ1) is 11.6. The van der Waals surface area contributed by atoms with Crippen LogP contribution in [0.2, 0.25) is 0 Å². The molecule has 0 radical (unpaired) electrons. The van der Waals surface area contributed by atoms with Crippen LogP contribution in [0.5, 0.6) is 5.75 Å². The molecule has 8 heteroatoms.